The molecule has 0 aliphatic heterocycles. The minimum atomic E-state index is -0.531. The van der Waals surface area contributed by atoms with Gasteiger partial charge in [-0.3, -0.25) is 0 Å². The molecule has 1 heterocycles. The number of hydrogen-bond acceptors (Lipinski definition) is 3. The smallest absolute Gasteiger partial charge is 0.132 e. The third-order valence-electron chi connectivity index (χ3n) is 4.02. The second-order valence-electron chi connectivity index (χ2n) is 5.71. The molecule has 0 spiro atoms. The van der Waals surface area contributed by atoms with E-state index >= 15 is 0 Å². The summed E-state index contributed by atoms with van der Waals surface area (Å²) in [5.41, 5.74) is 2.90. The maximum atomic E-state index is 10.1. The van der Waals surface area contributed by atoms with Gasteiger partial charge >= 0.3 is 0 Å². The van der Waals surface area contributed by atoms with Crippen LogP contribution in [0.4, 0.5) is 0 Å². The van der Waals surface area contributed by atoms with Gasteiger partial charge in [0.25, 0.3) is 0 Å². The summed E-state index contributed by atoms with van der Waals surface area (Å²) < 4.78 is 5.24. The molecule has 1 aliphatic rings. The standard InChI is InChI=1S/C17H21NO2/c1-12(9-16(19)17-7-4-8-20-17)18-15-10-13-5-2-3-6-14(13)11-15/h2-8,12,15-16,18-19H,9-11H2,1H3. The van der Waals surface area contributed by atoms with Gasteiger partial charge in [0.15, 0.2) is 0 Å². The molecule has 0 bridgehead atoms. The van der Waals surface area contributed by atoms with Crippen LogP contribution in [0.3, 0.4) is 0 Å². The molecule has 1 aliphatic carbocycles. The van der Waals surface area contributed by atoms with Crippen LogP contribution in [0.1, 0.15) is 36.3 Å². The predicted octanol–water partition coefficient (Wildman–Crippen LogP) is 2.85. The minimum absolute atomic E-state index is 0.259. The molecule has 106 valence electrons. The number of hydrogen-bond donors (Lipinski definition) is 2. The Morgan fingerprint density at radius 2 is 1.90 bits per heavy atom. The van der Waals surface area contributed by atoms with Crippen LogP contribution >= 0.6 is 0 Å². The van der Waals surface area contributed by atoms with Crippen molar-refractivity contribution in [3.63, 3.8) is 0 Å². The number of aliphatic hydroxyl groups excluding tert-OH is 1. The summed E-state index contributed by atoms with van der Waals surface area (Å²) in [6, 6.07) is 13.0. The molecule has 1 aromatic carbocycles. The van der Waals surface area contributed by atoms with Gasteiger partial charge < -0.3 is 14.8 Å². The minimum Gasteiger partial charge on any atom is -0.467 e. The van der Waals surface area contributed by atoms with E-state index in [0.29, 0.717) is 18.2 Å². The highest BCUT2D eigenvalue weighted by Crippen LogP contribution is 2.23. The lowest BCUT2D eigenvalue weighted by atomic mass is 10.1. The van der Waals surface area contributed by atoms with Crippen LogP contribution < -0.4 is 5.32 Å². The van der Waals surface area contributed by atoms with Gasteiger partial charge in [0.1, 0.15) is 11.9 Å². The first kappa shape index (κ1) is 13.4. The van der Waals surface area contributed by atoms with Gasteiger partial charge in [-0.1, -0.05) is 24.3 Å². The Bertz CT molecular complexity index is 525. The van der Waals surface area contributed by atoms with Crippen LogP contribution in [-0.2, 0) is 12.8 Å². The molecular formula is C17H21NO2. The summed E-state index contributed by atoms with van der Waals surface area (Å²) in [4.78, 5) is 0. The Morgan fingerprint density at radius 3 is 2.50 bits per heavy atom. The molecule has 2 atom stereocenters. The zero-order valence-corrected chi connectivity index (χ0v) is 11.8. The van der Waals surface area contributed by atoms with Crippen LogP contribution in [0.2, 0.25) is 0 Å². The van der Waals surface area contributed by atoms with Crippen molar-refractivity contribution in [3.8, 4) is 0 Å². The van der Waals surface area contributed by atoms with E-state index in [4.69, 9.17) is 4.42 Å². The van der Waals surface area contributed by atoms with Crippen molar-refractivity contribution in [2.45, 2.75) is 44.4 Å². The zero-order valence-electron chi connectivity index (χ0n) is 11.8. The fourth-order valence-corrected chi connectivity index (χ4v) is 3.08. The highest BCUT2D eigenvalue weighted by atomic mass is 16.4. The number of fused-ring (bicyclic) bond motifs is 1. The van der Waals surface area contributed by atoms with Crippen LogP contribution in [0, 0.1) is 0 Å². The van der Waals surface area contributed by atoms with E-state index in [1.54, 1.807) is 6.26 Å². The van der Waals surface area contributed by atoms with E-state index < -0.39 is 6.10 Å². The molecule has 3 nitrogen and oxygen atoms in total. The van der Waals surface area contributed by atoms with Crippen molar-refractivity contribution < 1.29 is 9.52 Å². The van der Waals surface area contributed by atoms with Gasteiger partial charge in [0.05, 0.1) is 6.26 Å². The Hall–Kier alpha value is -1.58. The third-order valence-corrected chi connectivity index (χ3v) is 4.02. The van der Waals surface area contributed by atoms with Crippen LogP contribution in [0.5, 0.6) is 0 Å². The molecule has 3 rings (SSSR count). The van der Waals surface area contributed by atoms with E-state index in [1.165, 1.54) is 11.1 Å². The largest absolute Gasteiger partial charge is 0.467 e. The lowest BCUT2D eigenvalue weighted by Gasteiger charge is -2.21. The van der Waals surface area contributed by atoms with Crippen molar-refractivity contribution in [2.75, 3.05) is 0 Å². The van der Waals surface area contributed by atoms with Crippen molar-refractivity contribution in [1.29, 1.82) is 0 Å². The van der Waals surface area contributed by atoms with Gasteiger partial charge in [-0.15, -0.1) is 0 Å². The summed E-state index contributed by atoms with van der Waals surface area (Å²) in [5, 5.41) is 13.7. The topological polar surface area (TPSA) is 45.4 Å². The molecular weight excluding hydrogens is 250 g/mol. The average molecular weight is 271 g/mol. The molecule has 0 amide bonds. The lowest BCUT2D eigenvalue weighted by molar-refractivity contribution is 0.127. The lowest BCUT2D eigenvalue weighted by Crippen LogP contribution is -2.37. The molecule has 20 heavy (non-hydrogen) atoms. The zero-order chi connectivity index (χ0) is 13.9. The maximum Gasteiger partial charge on any atom is 0.132 e. The van der Waals surface area contributed by atoms with Gasteiger partial charge in [0.2, 0.25) is 0 Å². The van der Waals surface area contributed by atoms with E-state index in [9.17, 15) is 5.11 Å². The Morgan fingerprint density at radius 1 is 1.20 bits per heavy atom. The second-order valence-corrected chi connectivity index (χ2v) is 5.71. The third kappa shape index (κ3) is 2.94. The van der Waals surface area contributed by atoms with Crippen LogP contribution in [0.25, 0.3) is 0 Å². The number of rotatable bonds is 5. The van der Waals surface area contributed by atoms with Crippen molar-refractivity contribution in [3.05, 3.63) is 59.5 Å². The highest BCUT2D eigenvalue weighted by Gasteiger charge is 2.23. The summed E-state index contributed by atoms with van der Waals surface area (Å²) in [6.07, 6.45) is 3.90. The summed E-state index contributed by atoms with van der Waals surface area (Å²) >= 11 is 0. The van der Waals surface area contributed by atoms with Crippen molar-refractivity contribution in [2.24, 2.45) is 0 Å². The Labute approximate surface area is 119 Å². The highest BCUT2D eigenvalue weighted by molar-refractivity contribution is 5.33. The van der Waals surface area contributed by atoms with Crippen LogP contribution in [-0.4, -0.2) is 17.2 Å². The molecule has 2 unspecified atom stereocenters. The maximum absolute atomic E-state index is 10.1. The van der Waals surface area contributed by atoms with Gasteiger partial charge in [-0.25, -0.2) is 0 Å². The van der Waals surface area contributed by atoms with Gasteiger partial charge in [-0.05, 0) is 49.4 Å². The molecule has 0 saturated heterocycles. The molecule has 0 fully saturated rings. The molecule has 1 aromatic heterocycles. The fraction of sp³-hybridized carbons (Fsp3) is 0.412. The number of benzene rings is 1. The fourth-order valence-electron chi connectivity index (χ4n) is 3.08. The van der Waals surface area contributed by atoms with E-state index in [1.807, 2.05) is 12.1 Å². The first-order valence-corrected chi connectivity index (χ1v) is 7.26. The summed E-state index contributed by atoms with van der Waals surface area (Å²) in [6.45, 7) is 2.12. The summed E-state index contributed by atoms with van der Waals surface area (Å²) in [7, 11) is 0. The Balaban J connectivity index is 1.52. The molecule has 0 saturated carbocycles. The quantitative estimate of drug-likeness (QED) is 0.879. The first-order valence-electron chi connectivity index (χ1n) is 7.26. The normalized spacial score (nSPS) is 17.9. The van der Waals surface area contributed by atoms with Crippen molar-refractivity contribution in [1.82, 2.24) is 5.32 Å². The van der Waals surface area contributed by atoms with E-state index in [2.05, 4.69) is 36.5 Å². The number of furan rings is 1. The van der Waals surface area contributed by atoms with Crippen molar-refractivity contribution >= 4 is 0 Å². The Kier molecular flexibility index (Phi) is 3.90. The summed E-state index contributed by atoms with van der Waals surface area (Å²) in [5.74, 6) is 0.647. The second kappa shape index (κ2) is 5.81. The molecule has 2 N–H and O–H groups in total. The van der Waals surface area contributed by atoms with E-state index in [-0.39, 0.29) is 6.04 Å². The molecule has 2 aromatic rings. The van der Waals surface area contributed by atoms with E-state index in [0.717, 1.165) is 12.8 Å². The monoisotopic (exact) mass is 271 g/mol. The SMILES string of the molecule is CC(CC(O)c1ccco1)NC1Cc2ccccc2C1. The number of aliphatic hydroxyl groups is 1. The molecule has 3 heteroatoms. The number of nitrogens with one attached hydrogen (secondary N) is 1. The van der Waals surface area contributed by atoms with Gasteiger partial charge in [-0.2, -0.15) is 0 Å². The first-order chi connectivity index (χ1) is 9.72. The van der Waals surface area contributed by atoms with Crippen LogP contribution in [0.15, 0.2) is 47.1 Å². The van der Waals surface area contributed by atoms with Gasteiger partial charge in [0, 0.05) is 12.1 Å². The predicted molar refractivity (Wildman–Crippen MR) is 78.5 cm³/mol. The molecule has 0 radical (unpaired) electrons. The average Bonchev–Trinajstić information content (AvgIpc) is 3.07.